The monoisotopic (exact) mass is 197 g/mol. The Balaban J connectivity index is 2.86. The van der Waals surface area contributed by atoms with Gasteiger partial charge < -0.3 is 5.73 Å². The van der Waals surface area contributed by atoms with Crippen LogP contribution in [0.4, 0.5) is 13.2 Å². The molecule has 12 heavy (non-hydrogen) atoms. The van der Waals surface area contributed by atoms with Gasteiger partial charge in [0.25, 0.3) is 0 Å². The number of rotatable bonds is 0. The molecule has 0 bridgehead atoms. The molecule has 0 aromatic carbocycles. The van der Waals surface area contributed by atoms with Crippen molar-refractivity contribution < 1.29 is 13.2 Å². The van der Waals surface area contributed by atoms with Crippen molar-refractivity contribution in [2.75, 3.05) is 0 Å². The zero-order valence-electron chi connectivity index (χ0n) is 6.03. The molecule has 0 heterocycles. The zero-order valence-corrected chi connectivity index (χ0v) is 6.78. The van der Waals surface area contributed by atoms with Gasteiger partial charge in [-0.25, -0.2) is 0 Å². The van der Waals surface area contributed by atoms with Crippen LogP contribution in [0, 0.1) is 0 Å². The minimum atomic E-state index is -4.42. The maximum Gasteiger partial charge on any atom is 0.410 e. The Morgan fingerprint density at radius 1 is 1.50 bits per heavy atom. The highest BCUT2D eigenvalue weighted by Gasteiger charge is 2.49. The topological polar surface area (TPSA) is 26.0 Å². The minimum absolute atomic E-state index is 0.292. The molecule has 0 aromatic rings. The molecule has 1 aliphatic carbocycles. The first-order valence-electron chi connectivity index (χ1n) is 3.26. The molecular weight excluding hydrogens is 191 g/mol. The Hall–Kier alpha value is -0.480. The van der Waals surface area contributed by atoms with E-state index >= 15 is 0 Å². The van der Waals surface area contributed by atoms with Crippen molar-refractivity contribution in [3.8, 4) is 0 Å². The van der Waals surface area contributed by atoms with E-state index in [2.05, 4.69) is 0 Å². The summed E-state index contributed by atoms with van der Waals surface area (Å²) in [5, 5.41) is 0.292. The van der Waals surface area contributed by atoms with Crippen molar-refractivity contribution in [2.45, 2.75) is 18.1 Å². The zero-order chi connectivity index (χ0) is 9.41. The smallest absolute Gasteiger partial charge is 0.314 e. The van der Waals surface area contributed by atoms with Crippen molar-refractivity contribution in [3.05, 3.63) is 23.3 Å². The van der Waals surface area contributed by atoms with Crippen molar-refractivity contribution >= 4 is 11.6 Å². The highest BCUT2D eigenvalue weighted by molar-refractivity contribution is 6.31. The second-order valence-electron chi connectivity index (χ2n) is 2.66. The van der Waals surface area contributed by atoms with Gasteiger partial charge in [-0.05, 0) is 12.5 Å². The number of hydrogen-bond acceptors (Lipinski definition) is 1. The summed E-state index contributed by atoms with van der Waals surface area (Å²) in [5.41, 5.74) is 2.84. The van der Waals surface area contributed by atoms with Gasteiger partial charge in [0.1, 0.15) is 5.54 Å². The highest BCUT2D eigenvalue weighted by atomic mass is 35.5. The lowest BCUT2D eigenvalue weighted by Gasteiger charge is -2.29. The predicted molar refractivity (Wildman–Crippen MR) is 40.7 cm³/mol. The van der Waals surface area contributed by atoms with Crippen LogP contribution in [-0.2, 0) is 0 Å². The van der Waals surface area contributed by atoms with E-state index < -0.39 is 11.7 Å². The van der Waals surface area contributed by atoms with E-state index in [1.165, 1.54) is 12.2 Å². The molecule has 1 aliphatic rings. The Morgan fingerprint density at radius 2 is 2.08 bits per heavy atom. The summed E-state index contributed by atoms with van der Waals surface area (Å²) in [4.78, 5) is 0. The maximum atomic E-state index is 12.2. The molecule has 0 aliphatic heterocycles. The number of allylic oxidation sites excluding steroid dienone is 2. The molecule has 0 amide bonds. The van der Waals surface area contributed by atoms with Gasteiger partial charge in [0.05, 0.1) is 0 Å². The number of alkyl halides is 3. The lowest BCUT2D eigenvalue weighted by Crippen LogP contribution is -2.52. The molecule has 1 atom stereocenters. The summed E-state index contributed by atoms with van der Waals surface area (Å²) in [6.45, 7) is 0. The molecule has 1 nitrogen and oxygen atoms in total. The molecule has 2 N–H and O–H groups in total. The van der Waals surface area contributed by atoms with Crippen LogP contribution in [0.25, 0.3) is 0 Å². The fourth-order valence-electron chi connectivity index (χ4n) is 0.841. The van der Waals surface area contributed by atoms with E-state index in [-0.39, 0.29) is 6.42 Å². The summed E-state index contributed by atoms with van der Waals surface area (Å²) >= 11 is 5.45. The first-order chi connectivity index (χ1) is 5.35. The highest BCUT2D eigenvalue weighted by Crippen LogP contribution is 2.35. The summed E-state index contributed by atoms with van der Waals surface area (Å²) in [6.07, 6.45) is -1.41. The molecule has 1 unspecified atom stereocenters. The number of hydrogen-bond donors (Lipinski definition) is 1. The van der Waals surface area contributed by atoms with Gasteiger partial charge in [0, 0.05) is 5.03 Å². The Kier molecular flexibility index (Phi) is 2.23. The van der Waals surface area contributed by atoms with Crippen LogP contribution >= 0.6 is 11.6 Å². The average Bonchev–Trinajstić information content (AvgIpc) is 1.93. The third kappa shape index (κ3) is 1.64. The quantitative estimate of drug-likeness (QED) is 0.634. The number of nitrogens with two attached hydrogens (primary N) is 1. The van der Waals surface area contributed by atoms with E-state index in [0.717, 1.165) is 6.08 Å². The molecule has 0 saturated carbocycles. The lowest BCUT2D eigenvalue weighted by atomic mass is 9.92. The van der Waals surface area contributed by atoms with Gasteiger partial charge >= 0.3 is 6.18 Å². The van der Waals surface area contributed by atoms with E-state index in [4.69, 9.17) is 17.3 Å². The molecule has 5 heteroatoms. The van der Waals surface area contributed by atoms with Gasteiger partial charge in [-0.3, -0.25) is 0 Å². The first kappa shape index (κ1) is 9.61. The summed E-state index contributed by atoms with van der Waals surface area (Å²) in [5.74, 6) is 0. The van der Waals surface area contributed by atoms with Gasteiger partial charge in [0.15, 0.2) is 0 Å². The molecule has 0 fully saturated rings. The van der Waals surface area contributed by atoms with Crippen molar-refractivity contribution in [2.24, 2.45) is 5.73 Å². The normalized spacial score (nSPS) is 30.2. The summed E-state index contributed by atoms with van der Waals surface area (Å²) in [7, 11) is 0. The van der Waals surface area contributed by atoms with E-state index in [0.29, 0.717) is 5.03 Å². The van der Waals surface area contributed by atoms with Crippen molar-refractivity contribution in [1.29, 1.82) is 0 Å². The molecule has 0 saturated heterocycles. The van der Waals surface area contributed by atoms with Crippen LogP contribution in [0.1, 0.15) is 6.42 Å². The Bertz CT molecular complexity index is 244. The number of halogens is 4. The summed E-state index contributed by atoms with van der Waals surface area (Å²) in [6, 6.07) is 0. The first-order valence-corrected chi connectivity index (χ1v) is 3.63. The van der Waals surface area contributed by atoms with Crippen molar-refractivity contribution in [3.63, 3.8) is 0 Å². The van der Waals surface area contributed by atoms with Gasteiger partial charge in [0.2, 0.25) is 0 Å². The minimum Gasteiger partial charge on any atom is -0.314 e. The lowest BCUT2D eigenvalue weighted by molar-refractivity contribution is -0.170. The SMILES string of the molecule is NC1(C(F)(F)F)C=CC(Cl)=CC1. The largest absolute Gasteiger partial charge is 0.410 e. The average molecular weight is 198 g/mol. The molecular formula is C7H7ClF3N. The van der Waals surface area contributed by atoms with Crippen LogP contribution in [0.3, 0.4) is 0 Å². The van der Waals surface area contributed by atoms with Gasteiger partial charge in [-0.15, -0.1) is 0 Å². The van der Waals surface area contributed by atoms with Crippen LogP contribution in [0.15, 0.2) is 23.3 Å². The third-order valence-electron chi connectivity index (χ3n) is 1.70. The second kappa shape index (κ2) is 2.78. The third-order valence-corrected chi connectivity index (χ3v) is 1.98. The molecule has 1 rings (SSSR count). The fourth-order valence-corrected chi connectivity index (χ4v) is 0.981. The predicted octanol–water partition coefficient (Wildman–Crippen LogP) is 2.33. The van der Waals surface area contributed by atoms with Crippen LogP contribution in [0.2, 0.25) is 0 Å². The fraction of sp³-hybridized carbons (Fsp3) is 0.429. The van der Waals surface area contributed by atoms with Gasteiger partial charge in [-0.2, -0.15) is 13.2 Å². The Morgan fingerprint density at radius 3 is 2.42 bits per heavy atom. The summed E-state index contributed by atoms with van der Waals surface area (Å²) < 4.78 is 36.6. The van der Waals surface area contributed by atoms with E-state index in [1.807, 2.05) is 0 Å². The Labute approximate surface area is 72.7 Å². The second-order valence-corrected chi connectivity index (χ2v) is 3.10. The van der Waals surface area contributed by atoms with Crippen LogP contribution < -0.4 is 5.73 Å². The van der Waals surface area contributed by atoms with E-state index in [9.17, 15) is 13.2 Å². The van der Waals surface area contributed by atoms with Crippen molar-refractivity contribution in [1.82, 2.24) is 0 Å². The molecule has 68 valence electrons. The van der Waals surface area contributed by atoms with Crippen LogP contribution in [0.5, 0.6) is 0 Å². The van der Waals surface area contributed by atoms with Gasteiger partial charge in [-0.1, -0.05) is 23.8 Å². The molecule has 0 radical (unpaired) electrons. The molecule has 0 spiro atoms. The van der Waals surface area contributed by atoms with Crippen LogP contribution in [-0.4, -0.2) is 11.7 Å². The van der Waals surface area contributed by atoms with E-state index in [1.54, 1.807) is 0 Å². The maximum absolute atomic E-state index is 12.2. The molecule has 0 aromatic heterocycles. The standard InChI is InChI=1S/C7H7ClF3N/c8-5-1-3-6(12,4-2-5)7(9,10)11/h1-3H,4,12H2.